The first-order chi connectivity index (χ1) is 15.1. The van der Waals surface area contributed by atoms with Crippen LogP contribution in [0.1, 0.15) is 30.5 Å². The highest BCUT2D eigenvalue weighted by molar-refractivity contribution is 5.68. The Bertz CT molecular complexity index is 1070. The van der Waals surface area contributed by atoms with Crippen molar-refractivity contribution >= 4 is 0 Å². The van der Waals surface area contributed by atoms with Gasteiger partial charge in [-0.05, 0) is 67.1 Å². The number of ether oxygens (including phenoxy) is 3. The number of pyridine rings is 2. The molecule has 1 fully saturated rings. The van der Waals surface area contributed by atoms with Crippen molar-refractivity contribution < 1.29 is 14.2 Å². The van der Waals surface area contributed by atoms with Gasteiger partial charge >= 0.3 is 0 Å². The minimum Gasteiger partial charge on any atom is -0.487 e. The Morgan fingerprint density at radius 3 is 2.77 bits per heavy atom. The molecule has 0 N–H and O–H groups in total. The molecule has 6 nitrogen and oxygen atoms in total. The zero-order valence-corrected chi connectivity index (χ0v) is 18.0. The maximum absolute atomic E-state index is 12.5. The van der Waals surface area contributed by atoms with Crippen molar-refractivity contribution in [2.45, 2.75) is 38.9 Å². The molecule has 0 unspecified atom stereocenters. The van der Waals surface area contributed by atoms with Crippen LogP contribution in [0.5, 0.6) is 11.6 Å². The van der Waals surface area contributed by atoms with Crippen LogP contribution in [0.2, 0.25) is 0 Å². The molecular formula is C25H28N2O4. The standard InChI is InChI=1S/C25H28N2O4/c1-18-13-21(30-16-20-7-3-5-11-26-20)9-10-23(18)19-14-24(28)27(2)25(15-19)31-17-22-8-4-6-12-29-22/h3,5,7,9-11,13-15,22H,4,6,8,12,16-17H2,1-2H3/t22-/m1/s1. The fraction of sp³-hybridized carbons (Fsp3) is 0.360. The minimum absolute atomic E-state index is 0.0878. The molecule has 1 saturated heterocycles. The highest BCUT2D eigenvalue weighted by Crippen LogP contribution is 2.29. The second-order valence-corrected chi connectivity index (χ2v) is 7.87. The first-order valence-electron chi connectivity index (χ1n) is 10.7. The lowest BCUT2D eigenvalue weighted by molar-refractivity contribution is -0.0126. The highest BCUT2D eigenvalue weighted by Gasteiger charge is 2.16. The van der Waals surface area contributed by atoms with E-state index in [9.17, 15) is 4.79 Å². The van der Waals surface area contributed by atoms with Crippen LogP contribution in [0.3, 0.4) is 0 Å². The van der Waals surface area contributed by atoms with Crippen LogP contribution in [0.25, 0.3) is 11.1 Å². The van der Waals surface area contributed by atoms with Gasteiger partial charge in [0.15, 0.2) is 5.88 Å². The molecule has 162 valence electrons. The monoisotopic (exact) mass is 420 g/mol. The van der Waals surface area contributed by atoms with Gasteiger partial charge in [-0.1, -0.05) is 12.1 Å². The Morgan fingerprint density at radius 2 is 2.03 bits per heavy atom. The summed E-state index contributed by atoms with van der Waals surface area (Å²) in [4.78, 5) is 16.8. The van der Waals surface area contributed by atoms with E-state index in [-0.39, 0.29) is 11.7 Å². The van der Waals surface area contributed by atoms with Crippen molar-refractivity contribution in [1.29, 1.82) is 0 Å². The molecule has 2 aromatic heterocycles. The largest absolute Gasteiger partial charge is 0.487 e. The fourth-order valence-corrected chi connectivity index (χ4v) is 3.71. The molecule has 0 saturated carbocycles. The molecule has 0 spiro atoms. The molecule has 0 bridgehead atoms. The summed E-state index contributed by atoms with van der Waals surface area (Å²) in [5.74, 6) is 1.31. The summed E-state index contributed by atoms with van der Waals surface area (Å²) in [7, 11) is 1.73. The molecule has 6 heteroatoms. The van der Waals surface area contributed by atoms with E-state index in [4.69, 9.17) is 14.2 Å². The lowest BCUT2D eigenvalue weighted by Gasteiger charge is -2.23. The molecule has 1 aromatic carbocycles. The van der Waals surface area contributed by atoms with E-state index >= 15 is 0 Å². The Balaban J connectivity index is 1.50. The zero-order chi connectivity index (χ0) is 21.6. The van der Waals surface area contributed by atoms with Crippen LogP contribution in [0.15, 0.2) is 59.5 Å². The third-order valence-corrected chi connectivity index (χ3v) is 5.53. The summed E-state index contributed by atoms with van der Waals surface area (Å²) >= 11 is 0. The van der Waals surface area contributed by atoms with Crippen molar-refractivity contribution in [2.75, 3.05) is 13.2 Å². The third-order valence-electron chi connectivity index (χ3n) is 5.53. The van der Waals surface area contributed by atoms with E-state index in [1.807, 2.05) is 49.4 Å². The molecule has 1 aliphatic heterocycles. The Labute approximate surface area is 182 Å². The van der Waals surface area contributed by atoms with Crippen LogP contribution in [-0.4, -0.2) is 28.9 Å². The SMILES string of the molecule is Cc1cc(OCc2ccccn2)ccc1-c1cc(OC[C@H]2CCCCO2)n(C)c(=O)c1. The quantitative estimate of drug-likeness (QED) is 0.571. The number of rotatable bonds is 7. The predicted octanol–water partition coefficient (Wildman–Crippen LogP) is 4.28. The third kappa shape index (κ3) is 5.33. The first kappa shape index (κ1) is 21.1. The predicted molar refractivity (Wildman–Crippen MR) is 120 cm³/mol. The van der Waals surface area contributed by atoms with Gasteiger partial charge in [0, 0.05) is 32.0 Å². The second-order valence-electron chi connectivity index (χ2n) is 7.87. The maximum Gasteiger partial charge on any atom is 0.253 e. The lowest BCUT2D eigenvalue weighted by atomic mass is 10.0. The van der Waals surface area contributed by atoms with E-state index in [2.05, 4.69) is 4.98 Å². The summed E-state index contributed by atoms with van der Waals surface area (Å²) < 4.78 is 19.1. The Morgan fingerprint density at radius 1 is 1.13 bits per heavy atom. The molecule has 31 heavy (non-hydrogen) atoms. The number of hydrogen-bond donors (Lipinski definition) is 0. The van der Waals surface area contributed by atoms with E-state index in [0.29, 0.717) is 19.1 Å². The summed E-state index contributed by atoms with van der Waals surface area (Å²) in [5.41, 5.74) is 3.60. The number of aryl methyl sites for hydroxylation is 1. The number of nitrogens with zero attached hydrogens (tertiary/aromatic N) is 2. The highest BCUT2D eigenvalue weighted by atomic mass is 16.5. The van der Waals surface area contributed by atoms with Gasteiger partial charge < -0.3 is 14.2 Å². The maximum atomic E-state index is 12.5. The average Bonchev–Trinajstić information content (AvgIpc) is 2.80. The fourth-order valence-electron chi connectivity index (χ4n) is 3.71. The van der Waals surface area contributed by atoms with Crippen LogP contribution in [-0.2, 0) is 18.4 Å². The van der Waals surface area contributed by atoms with Crippen LogP contribution in [0.4, 0.5) is 0 Å². The van der Waals surface area contributed by atoms with E-state index in [1.165, 1.54) is 4.57 Å². The van der Waals surface area contributed by atoms with Crippen molar-refractivity contribution in [3.05, 3.63) is 76.3 Å². The number of hydrogen-bond acceptors (Lipinski definition) is 5. The molecule has 0 amide bonds. The lowest BCUT2D eigenvalue weighted by Crippen LogP contribution is -2.27. The van der Waals surface area contributed by atoms with Crippen molar-refractivity contribution in [3.8, 4) is 22.8 Å². The van der Waals surface area contributed by atoms with E-state index in [1.54, 1.807) is 19.3 Å². The van der Waals surface area contributed by atoms with Crippen molar-refractivity contribution in [2.24, 2.45) is 7.05 Å². The number of benzene rings is 1. The summed E-state index contributed by atoms with van der Waals surface area (Å²) in [6, 6.07) is 15.2. The van der Waals surface area contributed by atoms with Crippen molar-refractivity contribution in [1.82, 2.24) is 9.55 Å². The van der Waals surface area contributed by atoms with Crippen LogP contribution >= 0.6 is 0 Å². The normalized spacial score (nSPS) is 16.1. The van der Waals surface area contributed by atoms with Gasteiger partial charge in [0.05, 0.1) is 11.8 Å². The second kappa shape index (κ2) is 9.79. The summed E-state index contributed by atoms with van der Waals surface area (Å²) in [5, 5.41) is 0. The van der Waals surface area contributed by atoms with Gasteiger partial charge in [-0.15, -0.1) is 0 Å². The molecule has 0 radical (unpaired) electrons. The summed E-state index contributed by atoms with van der Waals surface area (Å²) in [6.45, 7) is 3.65. The van der Waals surface area contributed by atoms with Gasteiger partial charge in [0.2, 0.25) is 0 Å². The number of aromatic nitrogens is 2. The van der Waals surface area contributed by atoms with E-state index < -0.39 is 0 Å². The Kier molecular flexibility index (Phi) is 6.67. The van der Waals surface area contributed by atoms with Crippen LogP contribution in [0, 0.1) is 6.92 Å². The smallest absolute Gasteiger partial charge is 0.253 e. The molecule has 1 aliphatic rings. The molecule has 1 atom stereocenters. The molecule has 3 heterocycles. The Hall–Kier alpha value is -3.12. The topological polar surface area (TPSA) is 62.6 Å². The molecular weight excluding hydrogens is 392 g/mol. The molecule has 3 aromatic rings. The average molecular weight is 421 g/mol. The van der Waals surface area contributed by atoms with Gasteiger partial charge in [-0.2, -0.15) is 0 Å². The first-order valence-corrected chi connectivity index (χ1v) is 10.7. The molecule has 0 aliphatic carbocycles. The van der Waals surface area contributed by atoms with Crippen molar-refractivity contribution in [3.63, 3.8) is 0 Å². The van der Waals surface area contributed by atoms with Gasteiger partial charge in [-0.3, -0.25) is 14.3 Å². The van der Waals surface area contributed by atoms with Gasteiger partial charge in [-0.25, -0.2) is 0 Å². The van der Waals surface area contributed by atoms with Crippen LogP contribution < -0.4 is 15.0 Å². The van der Waals surface area contributed by atoms with E-state index in [0.717, 1.165) is 54.0 Å². The van der Waals surface area contributed by atoms with Gasteiger partial charge in [0.1, 0.15) is 19.0 Å². The van der Waals surface area contributed by atoms with Gasteiger partial charge in [0.25, 0.3) is 5.56 Å². The zero-order valence-electron chi connectivity index (χ0n) is 18.0. The minimum atomic E-state index is -0.105. The molecule has 4 rings (SSSR count). The summed E-state index contributed by atoms with van der Waals surface area (Å²) in [6.07, 6.45) is 5.09.